The van der Waals surface area contributed by atoms with Gasteiger partial charge in [-0.2, -0.15) is 0 Å². The van der Waals surface area contributed by atoms with Gasteiger partial charge in [0, 0.05) is 17.4 Å². The van der Waals surface area contributed by atoms with Crippen LogP contribution in [-0.4, -0.2) is 34.3 Å². The average molecular weight is 387 g/mol. The number of amides is 4. The number of hydrogen-bond donors (Lipinski definition) is 2. The van der Waals surface area contributed by atoms with Crippen LogP contribution in [0.3, 0.4) is 0 Å². The first-order valence-electron chi connectivity index (χ1n) is 8.49. The Kier molecular flexibility index (Phi) is 5.14. The maximum atomic E-state index is 12.9. The quantitative estimate of drug-likeness (QED) is 0.610. The zero-order valence-electron chi connectivity index (χ0n) is 15.0. The van der Waals surface area contributed by atoms with Gasteiger partial charge in [0.15, 0.2) is 0 Å². The van der Waals surface area contributed by atoms with E-state index in [-0.39, 0.29) is 5.15 Å². The largest absolute Gasteiger partial charge is 0.325 e. The highest BCUT2D eigenvalue weighted by atomic mass is 35.5. The van der Waals surface area contributed by atoms with Gasteiger partial charge >= 0.3 is 6.03 Å². The van der Waals surface area contributed by atoms with Gasteiger partial charge in [-0.3, -0.25) is 14.5 Å². The molecule has 1 atom stereocenters. The van der Waals surface area contributed by atoms with Crippen molar-refractivity contribution in [1.82, 2.24) is 15.2 Å². The molecule has 2 aromatic rings. The van der Waals surface area contributed by atoms with E-state index in [2.05, 4.69) is 15.6 Å². The van der Waals surface area contributed by atoms with Crippen molar-refractivity contribution in [3.05, 3.63) is 58.9 Å². The van der Waals surface area contributed by atoms with Gasteiger partial charge < -0.3 is 10.6 Å². The summed E-state index contributed by atoms with van der Waals surface area (Å²) in [7, 11) is 0. The molecule has 3 rings (SSSR count). The number of benzene rings is 1. The van der Waals surface area contributed by atoms with Crippen molar-refractivity contribution in [1.29, 1.82) is 0 Å². The van der Waals surface area contributed by atoms with Gasteiger partial charge in [-0.25, -0.2) is 9.78 Å². The van der Waals surface area contributed by atoms with Crippen LogP contribution in [0.1, 0.15) is 25.0 Å². The molecule has 1 fully saturated rings. The molecule has 2 heterocycles. The number of aryl methyl sites for hydroxylation is 1. The molecule has 27 heavy (non-hydrogen) atoms. The summed E-state index contributed by atoms with van der Waals surface area (Å²) in [6.07, 6.45) is 2.33. The zero-order valence-corrected chi connectivity index (χ0v) is 15.7. The Balaban J connectivity index is 1.75. The summed E-state index contributed by atoms with van der Waals surface area (Å²) in [5, 5.41) is 5.44. The second-order valence-corrected chi connectivity index (χ2v) is 6.75. The van der Waals surface area contributed by atoms with Crippen LogP contribution in [-0.2, 0) is 21.5 Å². The summed E-state index contributed by atoms with van der Waals surface area (Å²) in [5.41, 5.74) is 0.694. The molecular formula is C19H19ClN4O3. The molecule has 0 spiro atoms. The number of carbonyl (C=O) groups excluding carboxylic acids is 3. The summed E-state index contributed by atoms with van der Waals surface area (Å²) in [5.74, 6) is -1.02. The Bertz CT molecular complexity index is 917. The number of urea groups is 1. The number of aromatic nitrogens is 1. The van der Waals surface area contributed by atoms with Gasteiger partial charge in [-0.1, -0.05) is 36.7 Å². The SMILES string of the molecule is CCc1cccc(NC(=O)CN2C(=O)N[C@@](C)(c3cccnc3Cl)C2=O)c1. The van der Waals surface area contributed by atoms with Crippen LogP contribution in [0.5, 0.6) is 0 Å². The Morgan fingerprint density at radius 2 is 2.07 bits per heavy atom. The standard InChI is InChI=1S/C19H19ClN4O3/c1-3-12-6-4-7-13(10-12)22-15(25)11-24-17(26)19(2,23-18(24)27)14-8-5-9-21-16(14)20/h4-10H,3,11H2,1-2H3,(H,22,25)(H,23,27)/t19-/m0/s1. The average Bonchev–Trinajstić information content (AvgIpc) is 2.86. The van der Waals surface area contributed by atoms with E-state index in [1.54, 1.807) is 25.1 Å². The number of nitrogens with zero attached hydrogens (tertiary/aromatic N) is 2. The topological polar surface area (TPSA) is 91.4 Å². The lowest BCUT2D eigenvalue weighted by Gasteiger charge is -2.22. The third-order valence-corrected chi connectivity index (χ3v) is 4.79. The number of anilines is 1. The Morgan fingerprint density at radius 3 is 2.78 bits per heavy atom. The predicted octanol–water partition coefficient (Wildman–Crippen LogP) is 2.70. The van der Waals surface area contributed by atoms with E-state index in [4.69, 9.17) is 11.6 Å². The molecule has 0 unspecified atom stereocenters. The second-order valence-electron chi connectivity index (χ2n) is 6.39. The lowest BCUT2D eigenvalue weighted by atomic mass is 9.93. The highest BCUT2D eigenvalue weighted by Crippen LogP contribution is 2.32. The Morgan fingerprint density at radius 1 is 1.30 bits per heavy atom. The maximum absolute atomic E-state index is 12.9. The van der Waals surface area contributed by atoms with Crippen LogP contribution < -0.4 is 10.6 Å². The lowest BCUT2D eigenvalue weighted by Crippen LogP contribution is -2.42. The number of nitrogens with one attached hydrogen (secondary N) is 2. The lowest BCUT2D eigenvalue weighted by molar-refractivity contribution is -0.133. The van der Waals surface area contributed by atoms with Gasteiger partial charge in [0.1, 0.15) is 17.2 Å². The normalized spacial score (nSPS) is 19.1. The van der Waals surface area contributed by atoms with Crippen LogP contribution in [0.15, 0.2) is 42.6 Å². The molecule has 0 bridgehead atoms. The van der Waals surface area contributed by atoms with Gasteiger partial charge in [-0.15, -0.1) is 0 Å². The molecule has 0 saturated carbocycles. The third-order valence-electron chi connectivity index (χ3n) is 4.49. The summed E-state index contributed by atoms with van der Waals surface area (Å²) < 4.78 is 0. The number of hydrogen-bond acceptors (Lipinski definition) is 4. The summed E-state index contributed by atoms with van der Waals surface area (Å²) in [6.45, 7) is 3.16. The van der Waals surface area contributed by atoms with E-state index in [1.165, 1.54) is 6.20 Å². The van der Waals surface area contributed by atoms with Crippen molar-refractivity contribution in [2.24, 2.45) is 0 Å². The number of carbonyl (C=O) groups is 3. The first-order valence-corrected chi connectivity index (χ1v) is 8.87. The van der Waals surface area contributed by atoms with Crippen LogP contribution in [0.4, 0.5) is 10.5 Å². The van der Waals surface area contributed by atoms with E-state index in [1.807, 2.05) is 25.1 Å². The molecule has 1 aromatic heterocycles. The number of pyridine rings is 1. The summed E-state index contributed by atoms with van der Waals surface area (Å²) >= 11 is 6.08. The summed E-state index contributed by atoms with van der Waals surface area (Å²) in [4.78, 5) is 42.4. The monoisotopic (exact) mass is 386 g/mol. The fraction of sp³-hybridized carbons (Fsp3) is 0.263. The molecule has 2 N–H and O–H groups in total. The zero-order chi connectivity index (χ0) is 19.6. The van der Waals surface area contributed by atoms with E-state index < -0.39 is 29.9 Å². The molecule has 0 aliphatic carbocycles. The third kappa shape index (κ3) is 3.64. The van der Waals surface area contributed by atoms with Gasteiger partial charge in [0.2, 0.25) is 5.91 Å². The highest BCUT2D eigenvalue weighted by Gasteiger charge is 2.50. The van der Waals surface area contributed by atoms with Crippen molar-refractivity contribution in [2.45, 2.75) is 25.8 Å². The van der Waals surface area contributed by atoms with E-state index >= 15 is 0 Å². The maximum Gasteiger partial charge on any atom is 0.325 e. The second kappa shape index (κ2) is 7.36. The summed E-state index contributed by atoms with van der Waals surface area (Å²) in [6, 6.07) is 9.99. The van der Waals surface area contributed by atoms with Crippen molar-refractivity contribution in [3.63, 3.8) is 0 Å². The Hall–Kier alpha value is -2.93. The molecule has 1 saturated heterocycles. The van der Waals surface area contributed by atoms with Crippen molar-refractivity contribution in [2.75, 3.05) is 11.9 Å². The van der Waals surface area contributed by atoms with E-state index in [0.29, 0.717) is 11.3 Å². The minimum absolute atomic E-state index is 0.122. The molecule has 8 heteroatoms. The van der Waals surface area contributed by atoms with Crippen LogP contribution in [0.25, 0.3) is 0 Å². The molecule has 140 valence electrons. The minimum atomic E-state index is -1.37. The van der Waals surface area contributed by atoms with Crippen molar-refractivity contribution >= 4 is 35.1 Å². The number of rotatable bonds is 5. The van der Waals surface area contributed by atoms with Gasteiger partial charge in [0.05, 0.1) is 0 Å². The Labute approximate surface area is 161 Å². The van der Waals surface area contributed by atoms with Gasteiger partial charge in [0.25, 0.3) is 5.91 Å². The van der Waals surface area contributed by atoms with Crippen LogP contribution >= 0.6 is 11.6 Å². The molecule has 1 aliphatic rings. The van der Waals surface area contributed by atoms with E-state index in [9.17, 15) is 14.4 Å². The van der Waals surface area contributed by atoms with Crippen LogP contribution in [0, 0.1) is 0 Å². The van der Waals surface area contributed by atoms with Crippen molar-refractivity contribution in [3.8, 4) is 0 Å². The number of imide groups is 1. The molecule has 4 amide bonds. The smallest absolute Gasteiger partial charge is 0.325 e. The molecule has 1 aromatic carbocycles. The molecular weight excluding hydrogens is 368 g/mol. The van der Waals surface area contributed by atoms with Crippen molar-refractivity contribution < 1.29 is 14.4 Å². The number of halogens is 1. The fourth-order valence-corrected chi connectivity index (χ4v) is 3.30. The van der Waals surface area contributed by atoms with Crippen LogP contribution in [0.2, 0.25) is 5.15 Å². The van der Waals surface area contributed by atoms with E-state index in [0.717, 1.165) is 16.9 Å². The molecule has 1 aliphatic heterocycles. The highest BCUT2D eigenvalue weighted by molar-refractivity contribution is 6.30. The van der Waals surface area contributed by atoms with Gasteiger partial charge in [-0.05, 0) is 37.1 Å². The minimum Gasteiger partial charge on any atom is -0.325 e. The first kappa shape index (κ1) is 18.8. The molecule has 7 nitrogen and oxygen atoms in total. The molecule has 0 radical (unpaired) electrons. The predicted molar refractivity (Wildman–Crippen MR) is 101 cm³/mol. The first-order chi connectivity index (χ1) is 12.8. The fourth-order valence-electron chi connectivity index (χ4n) is 3.00.